The van der Waals surface area contributed by atoms with E-state index in [2.05, 4.69) is 5.32 Å². The van der Waals surface area contributed by atoms with E-state index in [1.807, 2.05) is 44.3 Å². The van der Waals surface area contributed by atoms with Crippen molar-refractivity contribution in [3.8, 4) is 0 Å². The van der Waals surface area contributed by atoms with Crippen LogP contribution >= 0.6 is 0 Å². The number of carbonyl (C=O) groups is 1. The van der Waals surface area contributed by atoms with E-state index in [1.165, 1.54) is 0 Å². The van der Waals surface area contributed by atoms with Crippen molar-refractivity contribution in [1.29, 1.82) is 0 Å². The van der Waals surface area contributed by atoms with Crippen LogP contribution < -0.4 is 5.32 Å². The molecule has 23 heavy (non-hydrogen) atoms. The molecule has 5 heteroatoms. The van der Waals surface area contributed by atoms with E-state index in [9.17, 15) is 4.79 Å². The Morgan fingerprint density at radius 2 is 2.22 bits per heavy atom. The van der Waals surface area contributed by atoms with E-state index in [1.54, 1.807) is 4.90 Å². The van der Waals surface area contributed by atoms with Crippen LogP contribution in [0.5, 0.6) is 0 Å². The third-order valence-electron chi connectivity index (χ3n) is 4.94. The van der Waals surface area contributed by atoms with Crippen LogP contribution in [-0.4, -0.2) is 48.9 Å². The van der Waals surface area contributed by atoms with Gasteiger partial charge >= 0.3 is 6.03 Å². The number of benzene rings is 1. The minimum Gasteiger partial charge on any atom is -0.375 e. The zero-order valence-electron chi connectivity index (χ0n) is 14.0. The summed E-state index contributed by atoms with van der Waals surface area (Å²) in [6.45, 7) is 4.05. The Kier molecular flexibility index (Phi) is 4.87. The normalized spacial score (nSPS) is 29.3. The Hall–Kier alpha value is -1.59. The lowest BCUT2D eigenvalue weighted by atomic mass is 9.70. The molecule has 0 radical (unpaired) electrons. The zero-order valence-corrected chi connectivity index (χ0v) is 14.0. The van der Waals surface area contributed by atoms with Gasteiger partial charge in [0.05, 0.1) is 12.1 Å². The number of rotatable bonds is 5. The maximum atomic E-state index is 12.5. The quantitative estimate of drug-likeness (QED) is 0.908. The summed E-state index contributed by atoms with van der Waals surface area (Å²) in [5.41, 5.74) is 0.817. The first-order valence-electron chi connectivity index (χ1n) is 8.47. The number of urea groups is 1. The van der Waals surface area contributed by atoms with Gasteiger partial charge in [-0.2, -0.15) is 0 Å². The summed E-state index contributed by atoms with van der Waals surface area (Å²) in [7, 11) is 1.82. The highest BCUT2D eigenvalue weighted by atomic mass is 16.6. The molecule has 2 aliphatic rings. The summed E-state index contributed by atoms with van der Waals surface area (Å²) < 4.78 is 11.8. The Bertz CT molecular complexity index is 528. The molecule has 1 aromatic carbocycles. The molecule has 5 nitrogen and oxygen atoms in total. The second-order valence-electron chi connectivity index (χ2n) is 6.43. The van der Waals surface area contributed by atoms with E-state index in [0.29, 0.717) is 13.2 Å². The van der Waals surface area contributed by atoms with Gasteiger partial charge in [-0.25, -0.2) is 4.79 Å². The third kappa shape index (κ3) is 3.21. The highest BCUT2D eigenvalue weighted by Crippen LogP contribution is 2.45. The first-order valence-corrected chi connectivity index (χ1v) is 8.47. The summed E-state index contributed by atoms with van der Waals surface area (Å²) in [5.74, 6) is 0. The van der Waals surface area contributed by atoms with E-state index in [4.69, 9.17) is 9.47 Å². The van der Waals surface area contributed by atoms with Crippen molar-refractivity contribution in [2.45, 2.75) is 50.5 Å². The van der Waals surface area contributed by atoms with Crippen LogP contribution in [0.4, 0.5) is 4.79 Å². The Morgan fingerprint density at radius 3 is 2.87 bits per heavy atom. The molecular weight excluding hydrogens is 292 g/mol. The van der Waals surface area contributed by atoms with E-state index < -0.39 is 0 Å². The molecule has 2 fully saturated rings. The maximum Gasteiger partial charge on any atom is 0.317 e. The van der Waals surface area contributed by atoms with Crippen LogP contribution in [0.1, 0.15) is 31.7 Å². The molecule has 3 rings (SSSR count). The molecule has 126 valence electrons. The predicted octanol–water partition coefficient (Wildman–Crippen LogP) is 2.55. The van der Waals surface area contributed by atoms with Crippen molar-refractivity contribution in [2.75, 3.05) is 20.3 Å². The topological polar surface area (TPSA) is 50.8 Å². The lowest BCUT2D eigenvalue weighted by Gasteiger charge is -2.52. The first-order chi connectivity index (χ1) is 11.2. The van der Waals surface area contributed by atoms with Crippen LogP contribution in [0.15, 0.2) is 30.3 Å². The van der Waals surface area contributed by atoms with Gasteiger partial charge in [0.15, 0.2) is 0 Å². The predicted molar refractivity (Wildman–Crippen MR) is 88.2 cm³/mol. The Morgan fingerprint density at radius 1 is 1.43 bits per heavy atom. The summed E-state index contributed by atoms with van der Waals surface area (Å²) in [6.07, 6.45) is 2.94. The first kappa shape index (κ1) is 16.3. The second-order valence-corrected chi connectivity index (χ2v) is 6.43. The van der Waals surface area contributed by atoms with Crippen LogP contribution in [0.2, 0.25) is 0 Å². The molecule has 1 aliphatic heterocycles. The van der Waals surface area contributed by atoms with Gasteiger partial charge in [-0.15, -0.1) is 0 Å². The lowest BCUT2D eigenvalue weighted by molar-refractivity contribution is -0.195. The largest absolute Gasteiger partial charge is 0.375 e. The fourth-order valence-corrected chi connectivity index (χ4v) is 3.67. The monoisotopic (exact) mass is 318 g/mol. The van der Waals surface area contributed by atoms with Crippen molar-refractivity contribution in [2.24, 2.45) is 0 Å². The number of amides is 2. The molecule has 1 spiro atoms. The summed E-state index contributed by atoms with van der Waals surface area (Å²) in [5, 5.41) is 3.14. The number of nitrogens with zero attached hydrogens (tertiary/aromatic N) is 1. The molecule has 0 bridgehead atoms. The van der Waals surface area contributed by atoms with Crippen molar-refractivity contribution >= 4 is 6.03 Å². The van der Waals surface area contributed by atoms with Gasteiger partial charge in [-0.1, -0.05) is 30.3 Å². The van der Waals surface area contributed by atoms with Crippen LogP contribution in [0.25, 0.3) is 0 Å². The third-order valence-corrected chi connectivity index (χ3v) is 4.94. The van der Waals surface area contributed by atoms with Gasteiger partial charge in [-0.3, -0.25) is 0 Å². The average Bonchev–Trinajstić information content (AvgIpc) is 3.07. The number of nitrogens with one attached hydrogen (secondary N) is 1. The Labute approximate surface area is 137 Å². The molecule has 1 saturated heterocycles. The van der Waals surface area contributed by atoms with Crippen molar-refractivity contribution in [3.63, 3.8) is 0 Å². The lowest BCUT2D eigenvalue weighted by Crippen LogP contribution is -2.70. The summed E-state index contributed by atoms with van der Waals surface area (Å²) in [6, 6.07) is 10.0. The second kappa shape index (κ2) is 6.89. The molecule has 1 saturated carbocycles. The number of hydrogen-bond donors (Lipinski definition) is 1. The van der Waals surface area contributed by atoms with E-state index in [-0.39, 0.29) is 23.8 Å². The smallest absolute Gasteiger partial charge is 0.317 e. The van der Waals surface area contributed by atoms with Crippen LogP contribution in [0, 0.1) is 0 Å². The molecule has 3 atom stereocenters. The van der Waals surface area contributed by atoms with Gasteiger partial charge in [0.25, 0.3) is 0 Å². The van der Waals surface area contributed by atoms with Gasteiger partial charge in [-0.05, 0) is 31.7 Å². The van der Waals surface area contributed by atoms with Gasteiger partial charge in [0.2, 0.25) is 0 Å². The molecular formula is C18H26N2O3. The number of carbonyl (C=O) groups excluding carboxylic acids is 1. The van der Waals surface area contributed by atoms with E-state index in [0.717, 1.165) is 31.4 Å². The SMILES string of the molecule is CCO[C@@H]1C[C@H](NC(=O)N(C)Cc2ccccc2)[C@]12CCCO2. The van der Waals surface area contributed by atoms with Crippen LogP contribution in [-0.2, 0) is 16.0 Å². The number of hydrogen-bond acceptors (Lipinski definition) is 3. The van der Waals surface area contributed by atoms with Gasteiger partial charge in [0, 0.05) is 26.8 Å². The van der Waals surface area contributed by atoms with Crippen LogP contribution in [0.3, 0.4) is 0 Å². The average molecular weight is 318 g/mol. The minimum atomic E-state index is -0.306. The molecule has 0 unspecified atom stereocenters. The van der Waals surface area contributed by atoms with E-state index >= 15 is 0 Å². The molecule has 1 N–H and O–H groups in total. The molecule has 1 heterocycles. The zero-order chi connectivity index (χ0) is 16.3. The molecule has 1 aliphatic carbocycles. The Balaban J connectivity index is 1.57. The fraction of sp³-hybridized carbons (Fsp3) is 0.611. The highest BCUT2D eigenvalue weighted by molar-refractivity contribution is 5.74. The molecule has 1 aromatic rings. The van der Waals surface area contributed by atoms with Gasteiger partial charge < -0.3 is 19.7 Å². The summed E-state index contributed by atoms with van der Waals surface area (Å²) in [4.78, 5) is 14.2. The fourth-order valence-electron chi connectivity index (χ4n) is 3.67. The minimum absolute atomic E-state index is 0.0484. The van der Waals surface area contributed by atoms with Crippen molar-refractivity contribution < 1.29 is 14.3 Å². The standard InChI is InChI=1S/C18H26N2O3/c1-3-22-16-12-15(18(16)10-7-11-23-18)19-17(21)20(2)13-14-8-5-4-6-9-14/h4-6,8-9,15-16H,3,7,10-13H2,1-2H3,(H,19,21)/t15-,16+,18+/m0/s1. The number of ether oxygens (including phenoxy) is 2. The van der Waals surface area contributed by atoms with Gasteiger partial charge in [0.1, 0.15) is 5.60 Å². The highest BCUT2D eigenvalue weighted by Gasteiger charge is 2.59. The summed E-state index contributed by atoms with van der Waals surface area (Å²) >= 11 is 0. The van der Waals surface area contributed by atoms with Crippen molar-refractivity contribution in [3.05, 3.63) is 35.9 Å². The molecule has 2 amide bonds. The van der Waals surface area contributed by atoms with Crippen molar-refractivity contribution in [1.82, 2.24) is 10.2 Å². The maximum absolute atomic E-state index is 12.5. The molecule has 0 aromatic heterocycles.